The number of nitrogens with zero attached hydrogens (tertiary/aromatic N) is 1. The molecule has 0 saturated heterocycles. The first-order valence-electron chi connectivity index (χ1n) is 6.60. The Morgan fingerprint density at radius 2 is 1.86 bits per heavy atom. The molecule has 0 fully saturated rings. The zero-order valence-electron chi connectivity index (χ0n) is 11.7. The first kappa shape index (κ1) is 15.3. The molecule has 1 aromatic carbocycles. The van der Waals surface area contributed by atoms with Gasteiger partial charge in [0.1, 0.15) is 0 Å². The van der Waals surface area contributed by atoms with Gasteiger partial charge in [-0.15, -0.1) is 0 Å². The zero-order valence-corrected chi connectivity index (χ0v) is 12.5. The van der Waals surface area contributed by atoms with Gasteiger partial charge in [0.15, 0.2) is 5.78 Å². The highest BCUT2D eigenvalue weighted by atomic mass is 32.2. The van der Waals surface area contributed by atoms with E-state index >= 15 is 0 Å². The molecule has 1 amide bonds. The predicted octanol–water partition coefficient (Wildman–Crippen LogP) is 2.56. The maximum Gasteiger partial charge on any atom is 0.233 e. The maximum atomic E-state index is 12.0. The molecular formula is C16H16N2O2S. The van der Waals surface area contributed by atoms with Crippen molar-refractivity contribution in [1.29, 1.82) is 0 Å². The van der Waals surface area contributed by atoms with Gasteiger partial charge in [0, 0.05) is 11.8 Å². The van der Waals surface area contributed by atoms with Crippen molar-refractivity contribution >= 4 is 23.5 Å². The van der Waals surface area contributed by atoms with Crippen molar-refractivity contribution in [1.82, 2.24) is 10.3 Å². The monoisotopic (exact) mass is 300 g/mol. The molecule has 0 radical (unpaired) electrons. The second kappa shape index (κ2) is 7.59. The summed E-state index contributed by atoms with van der Waals surface area (Å²) in [5.74, 6) is -0.270. The van der Waals surface area contributed by atoms with Gasteiger partial charge < -0.3 is 5.32 Å². The summed E-state index contributed by atoms with van der Waals surface area (Å²) in [5.41, 5.74) is 0.600. The van der Waals surface area contributed by atoms with Crippen molar-refractivity contribution in [3.05, 3.63) is 60.3 Å². The van der Waals surface area contributed by atoms with E-state index in [4.69, 9.17) is 0 Å². The summed E-state index contributed by atoms with van der Waals surface area (Å²) >= 11 is 1.36. The molecule has 1 heterocycles. The molecule has 0 aliphatic rings. The van der Waals surface area contributed by atoms with Crippen LogP contribution in [0.3, 0.4) is 0 Å². The number of ketones is 1. The lowest BCUT2D eigenvalue weighted by atomic mass is 10.1. The van der Waals surface area contributed by atoms with E-state index in [1.807, 2.05) is 24.3 Å². The average molecular weight is 300 g/mol. The van der Waals surface area contributed by atoms with Crippen molar-refractivity contribution < 1.29 is 9.59 Å². The number of aromatic nitrogens is 1. The van der Waals surface area contributed by atoms with Crippen molar-refractivity contribution in [3.8, 4) is 0 Å². The Balaban J connectivity index is 1.83. The minimum atomic E-state index is -0.302. The lowest BCUT2D eigenvalue weighted by Crippen LogP contribution is -2.35. The van der Waals surface area contributed by atoms with E-state index in [1.54, 1.807) is 37.4 Å². The number of Topliss-reactive ketones (excluding diaryl/α,β-unsaturated/α-hetero) is 1. The number of hydrogen-bond acceptors (Lipinski definition) is 4. The summed E-state index contributed by atoms with van der Waals surface area (Å²) in [5, 5.41) is 3.15. The Labute approximate surface area is 128 Å². The molecule has 1 aromatic heterocycles. The fraction of sp³-hybridized carbons (Fsp3) is 0.188. The topological polar surface area (TPSA) is 59.1 Å². The average Bonchev–Trinajstić information content (AvgIpc) is 2.54. The van der Waals surface area contributed by atoms with Gasteiger partial charge in [-0.2, -0.15) is 0 Å². The van der Waals surface area contributed by atoms with Crippen LogP contribution in [0, 0.1) is 0 Å². The lowest BCUT2D eigenvalue weighted by molar-refractivity contribution is -0.120. The smallest absolute Gasteiger partial charge is 0.233 e. The Bertz CT molecular complexity index is 602. The zero-order chi connectivity index (χ0) is 15.1. The van der Waals surface area contributed by atoms with Gasteiger partial charge in [0.25, 0.3) is 0 Å². The predicted molar refractivity (Wildman–Crippen MR) is 83.3 cm³/mol. The molecule has 0 saturated carbocycles. The largest absolute Gasteiger partial charge is 0.348 e. The van der Waals surface area contributed by atoms with Crippen LogP contribution in [-0.2, 0) is 4.79 Å². The first-order chi connectivity index (χ1) is 10.2. The fourth-order valence-corrected chi connectivity index (χ4v) is 2.52. The second-order valence-corrected chi connectivity index (χ2v) is 5.80. The van der Waals surface area contributed by atoms with Crippen molar-refractivity contribution in [2.45, 2.75) is 17.2 Å². The number of amides is 1. The van der Waals surface area contributed by atoms with E-state index in [1.165, 1.54) is 11.8 Å². The number of carbonyl (C=O) groups is 2. The number of benzene rings is 1. The highest BCUT2D eigenvalue weighted by Gasteiger charge is 2.16. The van der Waals surface area contributed by atoms with Crippen LogP contribution in [-0.4, -0.2) is 28.5 Å². The number of pyridine rings is 1. The van der Waals surface area contributed by atoms with Gasteiger partial charge in [0.2, 0.25) is 5.91 Å². The minimum absolute atomic E-state index is 0.00989. The molecule has 4 nitrogen and oxygen atoms in total. The van der Waals surface area contributed by atoms with Gasteiger partial charge in [0.05, 0.1) is 16.8 Å². The number of nitrogens with one attached hydrogen (secondary N) is 1. The third-order valence-electron chi connectivity index (χ3n) is 2.82. The summed E-state index contributed by atoms with van der Waals surface area (Å²) < 4.78 is 0. The number of carbonyl (C=O) groups excluding carboxylic acids is 2. The molecular weight excluding hydrogens is 284 g/mol. The molecule has 21 heavy (non-hydrogen) atoms. The van der Waals surface area contributed by atoms with Gasteiger partial charge in [-0.25, -0.2) is 4.98 Å². The van der Waals surface area contributed by atoms with Gasteiger partial charge in [-0.3, -0.25) is 9.59 Å². The molecule has 0 aliphatic carbocycles. The molecule has 1 atom stereocenters. The van der Waals surface area contributed by atoms with Crippen LogP contribution in [0.4, 0.5) is 0 Å². The molecule has 0 bridgehead atoms. The molecule has 0 aliphatic heterocycles. The highest BCUT2D eigenvalue weighted by Crippen LogP contribution is 2.20. The molecule has 1 N–H and O–H groups in total. The van der Waals surface area contributed by atoms with Crippen LogP contribution in [0.25, 0.3) is 0 Å². The minimum Gasteiger partial charge on any atom is -0.348 e. The van der Waals surface area contributed by atoms with Gasteiger partial charge >= 0.3 is 0 Å². The van der Waals surface area contributed by atoms with Gasteiger partial charge in [-0.05, 0) is 19.1 Å². The Hall–Kier alpha value is -2.14. The third-order valence-corrected chi connectivity index (χ3v) is 3.87. The lowest BCUT2D eigenvalue weighted by Gasteiger charge is -2.11. The summed E-state index contributed by atoms with van der Waals surface area (Å²) in [7, 11) is 0. The van der Waals surface area contributed by atoms with Crippen LogP contribution in [0.1, 0.15) is 17.3 Å². The van der Waals surface area contributed by atoms with Crippen LogP contribution < -0.4 is 5.32 Å². The van der Waals surface area contributed by atoms with E-state index in [0.29, 0.717) is 5.56 Å². The number of rotatable bonds is 6. The van der Waals surface area contributed by atoms with E-state index < -0.39 is 0 Å². The van der Waals surface area contributed by atoms with E-state index in [-0.39, 0.29) is 23.5 Å². The molecule has 2 aromatic rings. The van der Waals surface area contributed by atoms with E-state index in [2.05, 4.69) is 10.3 Å². The van der Waals surface area contributed by atoms with Crippen molar-refractivity contribution in [2.24, 2.45) is 0 Å². The summed E-state index contributed by atoms with van der Waals surface area (Å²) in [6.07, 6.45) is 1.69. The Morgan fingerprint density at radius 3 is 2.52 bits per heavy atom. The first-order valence-corrected chi connectivity index (χ1v) is 7.48. The molecule has 2 rings (SSSR count). The maximum absolute atomic E-state index is 12.0. The molecule has 108 valence electrons. The van der Waals surface area contributed by atoms with Crippen molar-refractivity contribution in [3.63, 3.8) is 0 Å². The summed E-state index contributed by atoms with van der Waals surface area (Å²) in [6, 6.07) is 14.5. The quantitative estimate of drug-likeness (QED) is 0.658. The highest BCUT2D eigenvalue weighted by molar-refractivity contribution is 8.00. The van der Waals surface area contributed by atoms with E-state index in [0.717, 1.165) is 5.03 Å². The Morgan fingerprint density at radius 1 is 1.14 bits per heavy atom. The van der Waals surface area contributed by atoms with Crippen LogP contribution >= 0.6 is 11.8 Å². The second-order valence-electron chi connectivity index (χ2n) is 4.44. The standard InChI is InChI=1S/C16H16N2O2S/c1-12(21-15-9-5-6-10-17-15)16(20)18-11-14(19)13-7-3-2-4-8-13/h2-10,12H,11H2,1H3,(H,18,20)/t12-/m0/s1. The summed E-state index contributed by atoms with van der Waals surface area (Å²) in [4.78, 5) is 28.0. The molecule has 5 heteroatoms. The number of hydrogen-bond donors (Lipinski definition) is 1. The third kappa shape index (κ3) is 4.72. The molecule has 0 spiro atoms. The SMILES string of the molecule is C[C@H](Sc1ccccn1)C(=O)NCC(=O)c1ccccc1. The van der Waals surface area contributed by atoms with Crippen LogP contribution in [0.5, 0.6) is 0 Å². The van der Waals surface area contributed by atoms with Gasteiger partial charge in [-0.1, -0.05) is 48.2 Å². The van der Waals surface area contributed by atoms with Crippen LogP contribution in [0.15, 0.2) is 59.8 Å². The number of thioether (sulfide) groups is 1. The summed E-state index contributed by atoms with van der Waals surface area (Å²) in [6.45, 7) is 1.80. The Kier molecular flexibility index (Phi) is 5.51. The fourth-order valence-electron chi connectivity index (χ4n) is 1.69. The molecule has 0 unspecified atom stereocenters. The normalized spacial score (nSPS) is 11.7. The van der Waals surface area contributed by atoms with Crippen molar-refractivity contribution in [2.75, 3.05) is 6.54 Å². The van der Waals surface area contributed by atoms with Crippen LogP contribution in [0.2, 0.25) is 0 Å². The van der Waals surface area contributed by atoms with E-state index in [9.17, 15) is 9.59 Å².